The van der Waals surface area contributed by atoms with Crippen molar-refractivity contribution in [3.63, 3.8) is 0 Å². The minimum atomic E-state index is -0.458. The van der Waals surface area contributed by atoms with Crippen molar-refractivity contribution in [3.8, 4) is 5.75 Å². The van der Waals surface area contributed by atoms with E-state index >= 15 is 0 Å². The number of phenols is 1. The lowest BCUT2D eigenvalue weighted by Crippen LogP contribution is -2.52. The van der Waals surface area contributed by atoms with Crippen LogP contribution in [0.3, 0.4) is 0 Å². The Hall–Kier alpha value is -2.34. The van der Waals surface area contributed by atoms with Crippen molar-refractivity contribution < 1.29 is 14.3 Å². The quantitative estimate of drug-likeness (QED) is 0.788. The number of aromatic hydroxyl groups is 1. The van der Waals surface area contributed by atoms with Gasteiger partial charge in [0.1, 0.15) is 17.0 Å². The molecule has 1 aromatic heterocycles. The highest BCUT2D eigenvalue weighted by molar-refractivity contribution is 5.98. The third-order valence-corrected chi connectivity index (χ3v) is 7.05. The Morgan fingerprint density at radius 1 is 1.10 bits per heavy atom. The van der Waals surface area contributed by atoms with Crippen molar-refractivity contribution in [2.24, 2.45) is 5.92 Å². The maximum absolute atomic E-state index is 13.3. The number of amides is 1. The van der Waals surface area contributed by atoms with E-state index in [0.29, 0.717) is 36.8 Å². The summed E-state index contributed by atoms with van der Waals surface area (Å²) in [5.41, 5.74) is 1.19. The monoisotopic (exact) mass is 396 g/mol. The van der Waals surface area contributed by atoms with Crippen molar-refractivity contribution in [1.82, 2.24) is 4.90 Å². The molecule has 2 fully saturated rings. The molecule has 6 nitrogen and oxygen atoms in total. The molecule has 1 aliphatic carbocycles. The Balaban J connectivity index is 1.45. The molecular formula is C23H28N2O4. The molecule has 1 aromatic carbocycles. The number of benzene rings is 1. The summed E-state index contributed by atoms with van der Waals surface area (Å²) in [5, 5.41) is 10.6. The van der Waals surface area contributed by atoms with Crippen molar-refractivity contribution in [2.45, 2.75) is 57.4 Å². The molecule has 2 atom stereocenters. The van der Waals surface area contributed by atoms with Crippen molar-refractivity contribution in [3.05, 3.63) is 34.2 Å². The van der Waals surface area contributed by atoms with Gasteiger partial charge in [0.05, 0.1) is 6.54 Å². The SMILES string of the molecule is O=C(CN1CCC[C@@H]2CCCC[C@H]21)N1CCCc2c1c(=O)oc1ccc(O)cc21. The lowest BCUT2D eigenvalue weighted by Gasteiger charge is -2.44. The van der Waals surface area contributed by atoms with Crippen LogP contribution in [0.15, 0.2) is 27.4 Å². The molecule has 3 aliphatic rings. The van der Waals surface area contributed by atoms with Crippen LogP contribution in [0.25, 0.3) is 11.0 Å². The second kappa shape index (κ2) is 7.48. The summed E-state index contributed by atoms with van der Waals surface area (Å²) in [7, 11) is 0. The number of rotatable bonds is 2. The molecule has 29 heavy (non-hydrogen) atoms. The van der Waals surface area contributed by atoms with Gasteiger partial charge in [-0.3, -0.25) is 9.69 Å². The Morgan fingerprint density at radius 2 is 1.93 bits per heavy atom. The van der Waals surface area contributed by atoms with Crippen LogP contribution in [0, 0.1) is 5.92 Å². The Labute approximate surface area is 170 Å². The first kappa shape index (κ1) is 18.7. The Kier molecular flexibility index (Phi) is 4.82. The predicted molar refractivity (Wildman–Crippen MR) is 111 cm³/mol. The molecule has 2 aromatic rings. The Morgan fingerprint density at radius 3 is 2.83 bits per heavy atom. The largest absolute Gasteiger partial charge is 0.508 e. The van der Waals surface area contributed by atoms with E-state index in [1.165, 1.54) is 38.2 Å². The fourth-order valence-electron chi connectivity index (χ4n) is 5.73. The predicted octanol–water partition coefficient (Wildman–Crippen LogP) is 3.43. The number of phenolic OH excluding ortho intramolecular Hbond substituents is 1. The molecule has 0 unspecified atom stereocenters. The van der Waals surface area contributed by atoms with Gasteiger partial charge in [0.25, 0.3) is 0 Å². The van der Waals surface area contributed by atoms with E-state index in [1.54, 1.807) is 17.0 Å². The van der Waals surface area contributed by atoms with Gasteiger partial charge in [-0.1, -0.05) is 12.8 Å². The third-order valence-electron chi connectivity index (χ3n) is 7.05. The lowest BCUT2D eigenvalue weighted by molar-refractivity contribution is -0.121. The molecule has 6 heteroatoms. The molecule has 5 rings (SSSR count). The fourth-order valence-corrected chi connectivity index (χ4v) is 5.73. The summed E-state index contributed by atoms with van der Waals surface area (Å²) in [4.78, 5) is 30.1. The topological polar surface area (TPSA) is 74.0 Å². The number of hydrogen-bond acceptors (Lipinski definition) is 5. The number of hydrogen-bond donors (Lipinski definition) is 1. The van der Waals surface area contributed by atoms with Crippen LogP contribution in [0.1, 0.15) is 50.5 Å². The minimum Gasteiger partial charge on any atom is -0.508 e. The second-order valence-electron chi connectivity index (χ2n) is 8.77. The molecule has 2 aliphatic heterocycles. The van der Waals surface area contributed by atoms with E-state index in [1.807, 2.05) is 0 Å². The van der Waals surface area contributed by atoms with Crippen LogP contribution < -0.4 is 10.5 Å². The number of carbonyl (C=O) groups is 1. The number of aryl methyl sites for hydroxylation is 1. The normalized spacial score (nSPS) is 24.9. The molecule has 0 bridgehead atoms. The van der Waals surface area contributed by atoms with Gasteiger partial charge in [0.15, 0.2) is 0 Å². The first-order valence-corrected chi connectivity index (χ1v) is 10.9. The molecule has 1 saturated heterocycles. The van der Waals surface area contributed by atoms with Gasteiger partial charge in [-0.05, 0) is 74.8 Å². The number of nitrogens with zero attached hydrogens (tertiary/aromatic N) is 2. The van der Waals surface area contributed by atoms with E-state index in [0.717, 1.165) is 36.3 Å². The summed E-state index contributed by atoms with van der Waals surface area (Å²) in [6.45, 7) is 1.88. The van der Waals surface area contributed by atoms with E-state index in [4.69, 9.17) is 4.42 Å². The third kappa shape index (κ3) is 3.33. The van der Waals surface area contributed by atoms with Crippen LogP contribution in [-0.2, 0) is 11.2 Å². The van der Waals surface area contributed by atoms with Crippen LogP contribution in [-0.4, -0.2) is 41.6 Å². The Bertz CT molecular complexity index is 996. The van der Waals surface area contributed by atoms with E-state index in [2.05, 4.69) is 4.90 Å². The number of fused-ring (bicyclic) bond motifs is 4. The average Bonchev–Trinajstić information content (AvgIpc) is 2.74. The molecule has 3 heterocycles. The fraction of sp³-hybridized carbons (Fsp3) is 0.565. The zero-order valence-corrected chi connectivity index (χ0v) is 16.7. The first-order valence-electron chi connectivity index (χ1n) is 10.9. The highest BCUT2D eigenvalue weighted by atomic mass is 16.4. The molecular weight excluding hydrogens is 368 g/mol. The van der Waals surface area contributed by atoms with E-state index in [9.17, 15) is 14.7 Å². The van der Waals surface area contributed by atoms with Gasteiger partial charge in [-0.15, -0.1) is 0 Å². The minimum absolute atomic E-state index is 0.0102. The summed E-state index contributed by atoms with van der Waals surface area (Å²) < 4.78 is 5.50. The maximum Gasteiger partial charge on any atom is 0.360 e. The van der Waals surface area contributed by atoms with Crippen molar-refractivity contribution >= 4 is 22.6 Å². The highest BCUT2D eigenvalue weighted by Crippen LogP contribution is 2.36. The van der Waals surface area contributed by atoms with Gasteiger partial charge < -0.3 is 14.4 Å². The number of likely N-dealkylation sites (tertiary alicyclic amines) is 1. The van der Waals surface area contributed by atoms with E-state index < -0.39 is 5.63 Å². The van der Waals surface area contributed by atoms with Crippen LogP contribution in [0.5, 0.6) is 5.75 Å². The molecule has 0 spiro atoms. The first-order chi connectivity index (χ1) is 14.1. The van der Waals surface area contributed by atoms with Crippen molar-refractivity contribution in [1.29, 1.82) is 0 Å². The van der Waals surface area contributed by atoms with E-state index in [-0.39, 0.29) is 11.7 Å². The zero-order valence-electron chi connectivity index (χ0n) is 16.7. The number of piperidine rings is 1. The molecule has 0 radical (unpaired) electrons. The number of carbonyl (C=O) groups excluding carboxylic acids is 1. The summed E-state index contributed by atoms with van der Waals surface area (Å²) in [6, 6.07) is 5.27. The second-order valence-corrected chi connectivity index (χ2v) is 8.77. The van der Waals surface area contributed by atoms with Crippen molar-refractivity contribution in [2.75, 3.05) is 24.5 Å². The standard InChI is InChI=1S/C23H28N2O4/c26-16-9-10-20-18(13-16)17-7-4-12-25(22(17)23(28)29-20)21(27)14-24-11-3-6-15-5-1-2-8-19(15)24/h9-10,13,15,19,26H,1-8,11-12,14H2/t15-,19+/m0/s1. The van der Waals surface area contributed by atoms with Gasteiger partial charge >= 0.3 is 5.63 Å². The maximum atomic E-state index is 13.3. The van der Waals surface area contributed by atoms with Gasteiger partial charge in [0, 0.05) is 18.0 Å². The number of anilines is 1. The summed E-state index contributed by atoms with van der Waals surface area (Å²) in [6.07, 6.45) is 8.96. The van der Waals surface area contributed by atoms with Gasteiger partial charge in [0.2, 0.25) is 5.91 Å². The zero-order chi connectivity index (χ0) is 20.0. The smallest absolute Gasteiger partial charge is 0.360 e. The molecule has 1 N–H and O–H groups in total. The highest BCUT2D eigenvalue weighted by Gasteiger charge is 2.36. The lowest BCUT2D eigenvalue weighted by atomic mass is 9.78. The molecule has 154 valence electrons. The average molecular weight is 396 g/mol. The van der Waals surface area contributed by atoms with Gasteiger partial charge in [-0.2, -0.15) is 0 Å². The van der Waals surface area contributed by atoms with Crippen LogP contribution >= 0.6 is 0 Å². The summed E-state index contributed by atoms with van der Waals surface area (Å²) >= 11 is 0. The molecule has 1 saturated carbocycles. The van der Waals surface area contributed by atoms with Crippen LogP contribution in [0.2, 0.25) is 0 Å². The van der Waals surface area contributed by atoms with Crippen LogP contribution in [0.4, 0.5) is 5.69 Å². The molecule has 1 amide bonds. The summed E-state index contributed by atoms with van der Waals surface area (Å²) in [5.74, 6) is 0.841. The van der Waals surface area contributed by atoms with Gasteiger partial charge in [-0.25, -0.2) is 4.79 Å².